The molecule has 1 aromatic carbocycles. The Morgan fingerprint density at radius 2 is 2.14 bits per heavy atom. The standard InChI is InChI=1S/C16H15BrN2O2/c1-10(15-4-3-7-21-15)19(2)16(20)14-8-11-5-6-12(17)9-13(11)18-14/h3-10,18H,1-2H3. The van der Waals surface area contributed by atoms with E-state index in [0.29, 0.717) is 5.69 Å². The number of nitrogens with zero attached hydrogens (tertiary/aromatic N) is 1. The molecule has 108 valence electrons. The minimum atomic E-state index is -0.120. The van der Waals surface area contributed by atoms with Gasteiger partial charge >= 0.3 is 0 Å². The average molecular weight is 347 g/mol. The molecule has 2 aromatic heterocycles. The number of H-pyrrole nitrogens is 1. The highest BCUT2D eigenvalue weighted by Crippen LogP contribution is 2.24. The van der Waals surface area contributed by atoms with E-state index in [1.54, 1.807) is 18.2 Å². The zero-order chi connectivity index (χ0) is 15.0. The smallest absolute Gasteiger partial charge is 0.270 e. The van der Waals surface area contributed by atoms with Gasteiger partial charge in [-0.15, -0.1) is 0 Å². The molecule has 1 unspecified atom stereocenters. The van der Waals surface area contributed by atoms with Crippen LogP contribution in [0.5, 0.6) is 0 Å². The van der Waals surface area contributed by atoms with Gasteiger partial charge in [0.2, 0.25) is 0 Å². The van der Waals surface area contributed by atoms with Crippen molar-refractivity contribution in [2.45, 2.75) is 13.0 Å². The lowest BCUT2D eigenvalue weighted by molar-refractivity contribution is 0.0721. The van der Waals surface area contributed by atoms with E-state index < -0.39 is 0 Å². The van der Waals surface area contributed by atoms with Gasteiger partial charge < -0.3 is 14.3 Å². The average Bonchev–Trinajstić information content (AvgIpc) is 3.13. The third kappa shape index (κ3) is 2.61. The molecular weight excluding hydrogens is 332 g/mol. The van der Waals surface area contributed by atoms with E-state index in [9.17, 15) is 4.79 Å². The van der Waals surface area contributed by atoms with Gasteiger partial charge in [-0.3, -0.25) is 4.79 Å². The van der Waals surface area contributed by atoms with E-state index in [0.717, 1.165) is 21.1 Å². The molecule has 4 nitrogen and oxygen atoms in total. The number of hydrogen-bond donors (Lipinski definition) is 1. The topological polar surface area (TPSA) is 49.2 Å². The molecule has 0 bridgehead atoms. The maximum Gasteiger partial charge on any atom is 0.270 e. The lowest BCUT2D eigenvalue weighted by atomic mass is 10.2. The summed E-state index contributed by atoms with van der Waals surface area (Å²) in [5.74, 6) is 0.705. The number of fused-ring (bicyclic) bond motifs is 1. The Balaban J connectivity index is 1.89. The fourth-order valence-electron chi connectivity index (χ4n) is 2.30. The van der Waals surface area contributed by atoms with Crippen LogP contribution in [-0.4, -0.2) is 22.8 Å². The molecule has 0 radical (unpaired) electrons. The van der Waals surface area contributed by atoms with Gasteiger partial charge in [0.05, 0.1) is 12.3 Å². The molecule has 3 aromatic rings. The third-order valence-electron chi connectivity index (χ3n) is 3.67. The van der Waals surface area contributed by atoms with Crippen LogP contribution >= 0.6 is 15.9 Å². The summed E-state index contributed by atoms with van der Waals surface area (Å²) in [5.41, 5.74) is 1.51. The van der Waals surface area contributed by atoms with E-state index in [-0.39, 0.29) is 11.9 Å². The lowest BCUT2D eigenvalue weighted by Gasteiger charge is -2.22. The Morgan fingerprint density at radius 1 is 1.33 bits per heavy atom. The molecule has 0 fully saturated rings. The zero-order valence-corrected chi connectivity index (χ0v) is 13.3. The molecule has 0 saturated heterocycles. The minimum Gasteiger partial charge on any atom is -0.467 e. The molecule has 0 aliphatic carbocycles. The summed E-state index contributed by atoms with van der Waals surface area (Å²) in [6.07, 6.45) is 1.62. The highest BCUT2D eigenvalue weighted by molar-refractivity contribution is 9.10. The molecule has 3 rings (SSSR count). The van der Waals surface area contributed by atoms with Crippen molar-refractivity contribution in [3.8, 4) is 0 Å². The summed E-state index contributed by atoms with van der Waals surface area (Å²) in [5, 5.41) is 1.01. The molecule has 0 aliphatic rings. The SMILES string of the molecule is CC(c1ccco1)N(C)C(=O)c1cc2ccc(Br)cc2[nH]1. The largest absolute Gasteiger partial charge is 0.467 e. The van der Waals surface area contributed by atoms with Crippen molar-refractivity contribution in [2.24, 2.45) is 0 Å². The molecule has 1 atom stereocenters. The van der Waals surface area contributed by atoms with Crippen LogP contribution in [0.3, 0.4) is 0 Å². The highest BCUT2D eigenvalue weighted by Gasteiger charge is 2.22. The van der Waals surface area contributed by atoms with Crippen molar-refractivity contribution < 1.29 is 9.21 Å². The zero-order valence-electron chi connectivity index (χ0n) is 11.8. The molecule has 0 aliphatic heterocycles. The summed E-state index contributed by atoms with van der Waals surface area (Å²) in [6, 6.07) is 11.3. The molecule has 5 heteroatoms. The van der Waals surface area contributed by atoms with E-state index in [4.69, 9.17) is 4.42 Å². The lowest BCUT2D eigenvalue weighted by Crippen LogP contribution is -2.29. The van der Waals surface area contributed by atoms with Gasteiger partial charge in [-0.2, -0.15) is 0 Å². The fraction of sp³-hybridized carbons (Fsp3) is 0.188. The number of furan rings is 1. The van der Waals surface area contributed by atoms with Gasteiger partial charge in [0.15, 0.2) is 0 Å². The highest BCUT2D eigenvalue weighted by atomic mass is 79.9. The number of halogens is 1. The molecule has 2 heterocycles. The van der Waals surface area contributed by atoms with Crippen LogP contribution in [0.1, 0.15) is 29.2 Å². The summed E-state index contributed by atoms with van der Waals surface area (Å²) >= 11 is 3.43. The predicted molar refractivity (Wildman–Crippen MR) is 85.2 cm³/mol. The normalized spacial score (nSPS) is 12.5. The molecular formula is C16H15BrN2O2. The first-order valence-electron chi connectivity index (χ1n) is 6.65. The first kappa shape index (κ1) is 13.9. The summed E-state index contributed by atoms with van der Waals surface area (Å²) in [4.78, 5) is 17.4. The van der Waals surface area contributed by atoms with Crippen LogP contribution < -0.4 is 0 Å². The molecule has 1 N–H and O–H groups in total. The van der Waals surface area contributed by atoms with Crippen LogP contribution in [0.25, 0.3) is 10.9 Å². The van der Waals surface area contributed by atoms with Crippen LogP contribution in [0.4, 0.5) is 0 Å². The second-order valence-electron chi connectivity index (χ2n) is 5.02. The monoisotopic (exact) mass is 346 g/mol. The number of carbonyl (C=O) groups excluding carboxylic acids is 1. The van der Waals surface area contributed by atoms with Crippen molar-refractivity contribution in [3.63, 3.8) is 0 Å². The van der Waals surface area contributed by atoms with Gasteiger partial charge in [-0.25, -0.2) is 0 Å². The third-order valence-corrected chi connectivity index (χ3v) is 4.16. The number of nitrogens with one attached hydrogen (secondary N) is 1. The Morgan fingerprint density at radius 3 is 2.86 bits per heavy atom. The Labute approximate surface area is 130 Å². The van der Waals surface area contributed by atoms with E-state index >= 15 is 0 Å². The number of rotatable bonds is 3. The molecule has 0 spiro atoms. The summed E-state index contributed by atoms with van der Waals surface area (Å²) in [6.45, 7) is 1.94. The Bertz CT molecular complexity index is 777. The molecule has 21 heavy (non-hydrogen) atoms. The maximum atomic E-state index is 12.6. The van der Waals surface area contributed by atoms with Crippen LogP contribution in [0.2, 0.25) is 0 Å². The minimum absolute atomic E-state index is 0.0637. The van der Waals surface area contributed by atoms with E-state index in [2.05, 4.69) is 20.9 Å². The molecule has 0 saturated carbocycles. The van der Waals surface area contributed by atoms with Crippen molar-refractivity contribution in [1.82, 2.24) is 9.88 Å². The number of benzene rings is 1. The predicted octanol–water partition coefficient (Wildman–Crippen LogP) is 4.36. The van der Waals surface area contributed by atoms with Gasteiger partial charge in [-0.1, -0.05) is 22.0 Å². The maximum absolute atomic E-state index is 12.6. The van der Waals surface area contributed by atoms with E-state index in [1.165, 1.54) is 0 Å². The summed E-state index contributed by atoms with van der Waals surface area (Å²) in [7, 11) is 1.77. The van der Waals surface area contributed by atoms with Crippen molar-refractivity contribution >= 4 is 32.7 Å². The molecule has 1 amide bonds. The number of amides is 1. The first-order valence-corrected chi connectivity index (χ1v) is 7.44. The first-order chi connectivity index (χ1) is 10.1. The number of hydrogen-bond acceptors (Lipinski definition) is 2. The van der Waals surface area contributed by atoms with Crippen molar-refractivity contribution in [1.29, 1.82) is 0 Å². The number of aromatic nitrogens is 1. The Hall–Kier alpha value is -2.01. The quantitative estimate of drug-likeness (QED) is 0.765. The van der Waals surface area contributed by atoms with Gasteiger partial charge in [-0.05, 0) is 37.3 Å². The van der Waals surface area contributed by atoms with Gasteiger partial charge in [0.1, 0.15) is 11.5 Å². The van der Waals surface area contributed by atoms with Gasteiger partial charge in [0, 0.05) is 22.4 Å². The summed E-state index contributed by atoms with van der Waals surface area (Å²) < 4.78 is 6.35. The fourth-order valence-corrected chi connectivity index (χ4v) is 2.66. The second-order valence-corrected chi connectivity index (χ2v) is 5.94. The van der Waals surface area contributed by atoms with Crippen LogP contribution in [0, 0.1) is 0 Å². The Kier molecular flexibility index (Phi) is 3.59. The number of aromatic amines is 1. The van der Waals surface area contributed by atoms with Crippen LogP contribution in [0.15, 0.2) is 51.6 Å². The number of carbonyl (C=O) groups is 1. The van der Waals surface area contributed by atoms with Gasteiger partial charge in [0.25, 0.3) is 5.91 Å². The van der Waals surface area contributed by atoms with E-state index in [1.807, 2.05) is 43.3 Å². The van der Waals surface area contributed by atoms with Crippen molar-refractivity contribution in [2.75, 3.05) is 7.05 Å². The second kappa shape index (κ2) is 5.41. The van der Waals surface area contributed by atoms with Crippen molar-refractivity contribution in [3.05, 3.63) is 58.6 Å². The van der Waals surface area contributed by atoms with Crippen LogP contribution in [-0.2, 0) is 0 Å².